The number of hydrogen-bond acceptors (Lipinski definition) is 1. The van der Waals surface area contributed by atoms with E-state index in [0.717, 1.165) is 16.8 Å². The Hall–Kier alpha value is -1.38. The molecule has 1 aromatic carbocycles. The first-order valence-corrected chi connectivity index (χ1v) is 4.99. The van der Waals surface area contributed by atoms with Crippen molar-refractivity contribution >= 4 is 11.6 Å². The standard InChI is InChI=1S/C12H16FNO/c1-7(2)12(15)14-11-8(3)5-10(13)6-9(11)4/h5-7H,1-4H3,(H,14,15). The molecule has 0 saturated carbocycles. The van der Waals surface area contributed by atoms with Gasteiger partial charge < -0.3 is 5.32 Å². The molecule has 0 radical (unpaired) electrons. The molecule has 0 heterocycles. The third-order valence-electron chi connectivity index (χ3n) is 2.27. The Labute approximate surface area is 89.5 Å². The van der Waals surface area contributed by atoms with E-state index in [0.29, 0.717) is 0 Å². The summed E-state index contributed by atoms with van der Waals surface area (Å²) >= 11 is 0. The van der Waals surface area contributed by atoms with Gasteiger partial charge in [-0.3, -0.25) is 4.79 Å². The van der Waals surface area contributed by atoms with E-state index in [1.54, 1.807) is 13.8 Å². The van der Waals surface area contributed by atoms with Crippen LogP contribution in [0, 0.1) is 25.6 Å². The molecular formula is C12H16FNO. The lowest BCUT2D eigenvalue weighted by molar-refractivity contribution is -0.118. The normalized spacial score (nSPS) is 10.5. The fraction of sp³-hybridized carbons (Fsp3) is 0.417. The van der Waals surface area contributed by atoms with E-state index in [1.165, 1.54) is 12.1 Å². The average molecular weight is 209 g/mol. The summed E-state index contributed by atoms with van der Waals surface area (Å²) in [7, 11) is 0. The molecule has 0 aromatic heterocycles. The second-order valence-corrected chi connectivity index (χ2v) is 4.06. The fourth-order valence-electron chi connectivity index (χ4n) is 1.38. The van der Waals surface area contributed by atoms with Crippen LogP contribution in [0.1, 0.15) is 25.0 Å². The smallest absolute Gasteiger partial charge is 0.226 e. The number of carbonyl (C=O) groups excluding carboxylic acids is 1. The molecule has 3 heteroatoms. The molecule has 1 amide bonds. The Balaban J connectivity index is 3.00. The van der Waals surface area contributed by atoms with Gasteiger partial charge in [0.15, 0.2) is 0 Å². The highest BCUT2D eigenvalue weighted by Crippen LogP contribution is 2.21. The van der Waals surface area contributed by atoms with Gasteiger partial charge in [-0.2, -0.15) is 0 Å². The molecule has 1 aromatic rings. The molecule has 1 rings (SSSR count). The van der Waals surface area contributed by atoms with Crippen LogP contribution in [0.4, 0.5) is 10.1 Å². The lowest BCUT2D eigenvalue weighted by Crippen LogP contribution is -2.19. The number of nitrogens with one attached hydrogen (secondary N) is 1. The number of halogens is 1. The number of carbonyl (C=O) groups is 1. The first-order valence-electron chi connectivity index (χ1n) is 4.99. The van der Waals surface area contributed by atoms with Crippen molar-refractivity contribution in [2.24, 2.45) is 5.92 Å². The number of hydrogen-bond donors (Lipinski definition) is 1. The summed E-state index contributed by atoms with van der Waals surface area (Å²) in [6, 6.07) is 2.84. The first-order chi connectivity index (χ1) is 6.91. The van der Waals surface area contributed by atoms with Gasteiger partial charge in [-0.15, -0.1) is 0 Å². The largest absolute Gasteiger partial charge is 0.325 e. The Morgan fingerprint density at radius 1 is 1.27 bits per heavy atom. The summed E-state index contributed by atoms with van der Waals surface area (Å²) in [6.07, 6.45) is 0. The lowest BCUT2D eigenvalue weighted by Gasteiger charge is -2.13. The second-order valence-electron chi connectivity index (χ2n) is 4.06. The highest BCUT2D eigenvalue weighted by molar-refractivity contribution is 5.93. The molecule has 0 aliphatic carbocycles. The van der Waals surface area contributed by atoms with Gasteiger partial charge in [0, 0.05) is 11.6 Å². The van der Waals surface area contributed by atoms with Crippen molar-refractivity contribution in [3.8, 4) is 0 Å². The molecule has 1 N–H and O–H groups in total. The number of amides is 1. The molecule has 0 unspecified atom stereocenters. The van der Waals surface area contributed by atoms with Crippen molar-refractivity contribution in [2.45, 2.75) is 27.7 Å². The third kappa shape index (κ3) is 2.78. The minimum atomic E-state index is -0.271. The van der Waals surface area contributed by atoms with Crippen molar-refractivity contribution in [2.75, 3.05) is 5.32 Å². The zero-order valence-corrected chi connectivity index (χ0v) is 9.52. The summed E-state index contributed by atoms with van der Waals surface area (Å²) in [6.45, 7) is 7.21. The van der Waals surface area contributed by atoms with Gasteiger partial charge in [0.05, 0.1) is 0 Å². The van der Waals surface area contributed by atoms with E-state index < -0.39 is 0 Å². The van der Waals surface area contributed by atoms with E-state index in [9.17, 15) is 9.18 Å². The maximum atomic E-state index is 13.0. The zero-order chi connectivity index (χ0) is 11.6. The van der Waals surface area contributed by atoms with Crippen LogP contribution in [0.15, 0.2) is 12.1 Å². The van der Waals surface area contributed by atoms with E-state index in [-0.39, 0.29) is 17.6 Å². The Bertz CT molecular complexity index is 362. The van der Waals surface area contributed by atoms with Crippen LogP contribution in [0.3, 0.4) is 0 Å². The quantitative estimate of drug-likeness (QED) is 0.797. The van der Waals surface area contributed by atoms with Crippen molar-refractivity contribution in [1.82, 2.24) is 0 Å². The molecule has 0 atom stereocenters. The molecule has 2 nitrogen and oxygen atoms in total. The Morgan fingerprint density at radius 2 is 1.73 bits per heavy atom. The van der Waals surface area contributed by atoms with Gasteiger partial charge in [0.25, 0.3) is 0 Å². The Morgan fingerprint density at radius 3 is 2.13 bits per heavy atom. The number of benzene rings is 1. The topological polar surface area (TPSA) is 29.1 Å². The van der Waals surface area contributed by atoms with Crippen molar-refractivity contribution in [1.29, 1.82) is 0 Å². The van der Waals surface area contributed by atoms with Gasteiger partial charge in [-0.25, -0.2) is 4.39 Å². The predicted molar refractivity (Wildman–Crippen MR) is 59.3 cm³/mol. The van der Waals surface area contributed by atoms with Crippen molar-refractivity contribution in [3.05, 3.63) is 29.1 Å². The van der Waals surface area contributed by atoms with Crippen LogP contribution in [-0.4, -0.2) is 5.91 Å². The maximum absolute atomic E-state index is 13.0. The zero-order valence-electron chi connectivity index (χ0n) is 9.52. The number of rotatable bonds is 2. The highest BCUT2D eigenvalue weighted by Gasteiger charge is 2.11. The van der Waals surface area contributed by atoms with Crippen molar-refractivity contribution < 1.29 is 9.18 Å². The molecule has 0 aliphatic rings. The number of aryl methyl sites for hydroxylation is 2. The highest BCUT2D eigenvalue weighted by atomic mass is 19.1. The molecule has 0 saturated heterocycles. The van der Waals surface area contributed by atoms with Gasteiger partial charge in [0.1, 0.15) is 5.82 Å². The summed E-state index contributed by atoms with van der Waals surface area (Å²) < 4.78 is 13.0. The summed E-state index contributed by atoms with van der Waals surface area (Å²) in [5.41, 5.74) is 2.22. The lowest BCUT2D eigenvalue weighted by atomic mass is 10.1. The second kappa shape index (κ2) is 4.43. The summed E-state index contributed by atoms with van der Waals surface area (Å²) in [4.78, 5) is 11.5. The van der Waals surface area contributed by atoms with E-state index in [4.69, 9.17) is 0 Å². The van der Waals surface area contributed by atoms with E-state index in [1.807, 2.05) is 13.8 Å². The molecule has 15 heavy (non-hydrogen) atoms. The van der Waals surface area contributed by atoms with Crippen LogP contribution in [-0.2, 0) is 4.79 Å². The van der Waals surface area contributed by atoms with Crippen molar-refractivity contribution in [3.63, 3.8) is 0 Å². The van der Waals surface area contributed by atoms with Gasteiger partial charge >= 0.3 is 0 Å². The molecule has 82 valence electrons. The molecule has 0 bridgehead atoms. The predicted octanol–water partition coefficient (Wildman–Crippen LogP) is 3.04. The van der Waals surface area contributed by atoms with Gasteiger partial charge in [-0.05, 0) is 37.1 Å². The SMILES string of the molecule is Cc1cc(F)cc(C)c1NC(=O)C(C)C. The molecular weight excluding hydrogens is 193 g/mol. The molecule has 0 fully saturated rings. The first kappa shape index (κ1) is 11.7. The van der Waals surface area contributed by atoms with Crippen LogP contribution >= 0.6 is 0 Å². The van der Waals surface area contributed by atoms with Crippen LogP contribution in [0.5, 0.6) is 0 Å². The summed E-state index contributed by atoms with van der Waals surface area (Å²) in [5.74, 6) is -0.394. The summed E-state index contributed by atoms with van der Waals surface area (Å²) in [5, 5.41) is 2.80. The minimum absolute atomic E-state index is 0.0483. The van der Waals surface area contributed by atoms with E-state index >= 15 is 0 Å². The minimum Gasteiger partial charge on any atom is -0.325 e. The molecule has 0 spiro atoms. The molecule has 0 aliphatic heterocycles. The average Bonchev–Trinajstić information content (AvgIpc) is 2.10. The van der Waals surface area contributed by atoms with Gasteiger partial charge in [-0.1, -0.05) is 13.8 Å². The number of anilines is 1. The van der Waals surface area contributed by atoms with Crippen LogP contribution in [0.25, 0.3) is 0 Å². The van der Waals surface area contributed by atoms with Crippen LogP contribution in [0.2, 0.25) is 0 Å². The van der Waals surface area contributed by atoms with E-state index in [2.05, 4.69) is 5.32 Å². The van der Waals surface area contributed by atoms with Crippen LogP contribution < -0.4 is 5.32 Å². The maximum Gasteiger partial charge on any atom is 0.226 e. The monoisotopic (exact) mass is 209 g/mol. The fourth-order valence-corrected chi connectivity index (χ4v) is 1.38. The van der Waals surface area contributed by atoms with Gasteiger partial charge in [0.2, 0.25) is 5.91 Å². The Kier molecular flexibility index (Phi) is 3.45. The third-order valence-corrected chi connectivity index (χ3v) is 2.27.